The molecule has 0 unspecified atom stereocenters. The summed E-state index contributed by atoms with van der Waals surface area (Å²) in [6, 6.07) is 0. The Labute approximate surface area is 76.5 Å². The predicted molar refractivity (Wildman–Crippen MR) is 43.7 cm³/mol. The summed E-state index contributed by atoms with van der Waals surface area (Å²) in [5.41, 5.74) is 0. The lowest BCUT2D eigenvalue weighted by Gasteiger charge is -2.00. The average molecular weight is 185 g/mol. The van der Waals surface area contributed by atoms with Crippen LogP contribution in [0.5, 0.6) is 0 Å². The monoisotopic (exact) mass is 185 g/mol. The van der Waals surface area contributed by atoms with E-state index in [-0.39, 0.29) is 6.73 Å². The van der Waals surface area contributed by atoms with Crippen molar-refractivity contribution in [2.45, 2.75) is 13.7 Å². The summed E-state index contributed by atoms with van der Waals surface area (Å²) < 4.78 is 12.9. The molecule has 0 saturated carbocycles. The minimum Gasteiger partial charge on any atom is -0.434 e. The van der Waals surface area contributed by atoms with Gasteiger partial charge in [0, 0.05) is 0 Å². The van der Waals surface area contributed by atoms with E-state index in [0.717, 1.165) is 0 Å². The molecule has 72 valence electrons. The second kappa shape index (κ2) is 4.49. The van der Waals surface area contributed by atoms with Crippen LogP contribution in [0.15, 0.2) is 18.7 Å². The number of hydrogen-bond acceptors (Lipinski definition) is 3. The fourth-order valence-corrected chi connectivity index (χ4v) is 0.865. The molecule has 0 aliphatic rings. The number of aryl methyl sites for hydroxylation is 1. The van der Waals surface area contributed by atoms with Crippen LogP contribution < -0.4 is 4.57 Å². The Morgan fingerprint density at radius 1 is 1.54 bits per heavy atom. The van der Waals surface area contributed by atoms with E-state index in [1.165, 1.54) is 0 Å². The Kier molecular flexibility index (Phi) is 3.31. The molecule has 0 radical (unpaired) electrons. The van der Waals surface area contributed by atoms with E-state index >= 15 is 0 Å². The Morgan fingerprint density at radius 3 is 2.85 bits per heavy atom. The van der Waals surface area contributed by atoms with E-state index in [0.29, 0.717) is 6.61 Å². The number of ether oxygens (including phenoxy) is 2. The van der Waals surface area contributed by atoms with E-state index in [1.807, 2.05) is 17.8 Å². The molecular formula is C8H13N2O3+. The van der Waals surface area contributed by atoms with Gasteiger partial charge in [-0.3, -0.25) is 0 Å². The quantitative estimate of drug-likeness (QED) is 0.507. The molecule has 0 bridgehead atoms. The van der Waals surface area contributed by atoms with Gasteiger partial charge < -0.3 is 9.47 Å². The third-order valence-corrected chi connectivity index (χ3v) is 1.42. The van der Waals surface area contributed by atoms with E-state index in [9.17, 15) is 4.79 Å². The number of carbonyl (C=O) groups excluding carboxylic acids is 1. The maximum atomic E-state index is 10.8. The zero-order chi connectivity index (χ0) is 9.68. The van der Waals surface area contributed by atoms with Gasteiger partial charge in [-0.1, -0.05) is 0 Å². The number of aromatic nitrogens is 2. The molecule has 1 heterocycles. The summed E-state index contributed by atoms with van der Waals surface area (Å²) in [6.45, 7) is 2.24. The van der Waals surface area contributed by atoms with Crippen molar-refractivity contribution in [3.63, 3.8) is 0 Å². The maximum absolute atomic E-state index is 10.8. The summed E-state index contributed by atoms with van der Waals surface area (Å²) in [4.78, 5) is 10.8. The second-order valence-corrected chi connectivity index (χ2v) is 2.55. The first-order chi connectivity index (χ1) is 6.22. The van der Waals surface area contributed by atoms with Crippen LogP contribution in [0, 0.1) is 0 Å². The van der Waals surface area contributed by atoms with Crippen LogP contribution in [0.4, 0.5) is 4.79 Å². The highest BCUT2D eigenvalue weighted by Crippen LogP contribution is 1.89. The van der Waals surface area contributed by atoms with Crippen molar-refractivity contribution in [3.8, 4) is 0 Å². The van der Waals surface area contributed by atoms with E-state index < -0.39 is 6.16 Å². The summed E-state index contributed by atoms with van der Waals surface area (Å²) in [7, 11) is 1.89. The topological polar surface area (TPSA) is 44.3 Å². The molecule has 5 heteroatoms. The van der Waals surface area contributed by atoms with Gasteiger partial charge in [0.05, 0.1) is 13.7 Å². The van der Waals surface area contributed by atoms with Gasteiger partial charge in [0.1, 0.15) is 12.4 Å². The van der Waals surface area contributed by atoms with E-state index in [1.54, 1.807) is 24.0 Å². The predicted octanol–water partition coefficient (Wildman–Crippen LogP) is 0.443. The van der Waals surface area contributed by atoms with Crippen molar-refractivity contribution in [1.82, 2.24) is 4.57 Å². The molecular weight excluding hydrogens is 172 g/mol. The van der Waals surface area contributed by atoms with Crippen LogP contribution in [0.25, 0.3) is 0 Å². The highest BCUT2D eigenvalue weighted by atomic mass is 16.7. The van der Waals surface area contributed by atoms with E-state index in [2.05, 4.69) is 4.74 Å². The van der Waals surface area contributed by atoms with Crippen molar-refractivity contribution < 1.29 is 18.8 Å². The smallest absolute Gasteiger partial charge is 0.434 e. The van der Waals surface area contributed by atoms with Crippen molar-refractivity contribution in [3.05, 3.63) is 18.7 Å². The first kappa shape index (κ1) is 9.57. The van der Waals surface area contributed by atoms with Crippen LogP contribution in [0.1, 0.15) is 6.92 Å². The fourth-order valence-electron chi connectivity index (χ4n) is 0.865. The van der Waals surface area contributed by atoms with Crippen LogP contribution in [0.3, 0.4) is 0 Å². The van der Waals surface area contributed by atoms with Gasteiger partial charge in [-0.05, 0) is 6.92 Å². The fraction of sp³-hybridized carbons (Fsp3) is 0.500. The molecule has 1 aromatic rings. The second-order valence-electron chi connectivity index (χ2n) is 2.55. The van der Waals surface area contributed by atoms with Crippen LogP contribution in [0.2, 0.25) is 0 Å². The molecule has 1 rings (SSSR count). The largest absolute Gasteiger partial charge is 0.511 e. The minimum atomic E-state index is -0.640. The normalized spacial score (nSPS) is 9.69. The summed E-state index contributed by atoms with van der Waals surface area (Å²) in [5.74, 6) is 0. The van der Waals surface area contributed by atoms with Crippen LogP contribution in [-0.2, 0) is 23.3 Å². The van der Waals surface area contributed by atoms with E-state index in [4.69, 9.17) is 4.74 Å². The first-order valence-corrected chi connectivity index (χ1v) is 4.03. The van der Waals surface area contributed by atoms with Gasteiger partial charge in [-0.2, -0.15) is 0 Å². The standard InChI is InChI=1S/C8H13N2O3/c1-3-12-8(11)13-7-10-5-4-9(2)6-10/h4-6H,3,7H2,1-2H3/q+1. The molecule has 0 aliphatic heterocycles. The van der Waals surface area contributed by atoms with Crippen molar-refractivity contribution in [2.75, 3.05) is 6.61 Å². The molecule has 0 atom stereocenters. The Balaban J connectivity index is 2.30. The maximum Gasteiger partial charge on any atom is 0.511 e. The van der Waals surface area contributed by atoms with Gasteiger partial charge in [-0.25, -0.2) is 13.9 Å². The van der Waals surface area contributed by atoms with Crippen molar-refractivity contribution >= 4 is 6.16 Å². The lowest BCUT2D eigenvalue weighted by atomic mass is 10.9. The molecule has 0 amide bonds. The third-order valence-electron chi connectivity index (χ3n) is 1.42. The SMILES string of the molecule is CCOC(=O)OCn1cc[n+](C)c1. The van der Waals surface area contributed by atoms with Gasteiger partial charge in [0.2, 0.25) is 13.1 Å². The molecule has 13 heavy (non-hydrogen) atoms. The lowest BCUT2D eigenvalue weighted by Crippen LogP contribution is -2.24. The lowest BCUT2D eigenvalue weighted by molar-refractivity contribution is -0.671. The molecule has 0 fully saturated rings. The van der Waals surface area contributed by atoms with Gasteiger partial charge in [-0.15, -0.1) is 0 Å². The number of carbonyl (C=O) groups is 1. The third kappa shape index (κ3) is 3.14. The Morgan fingerprint density at radius 2 is 2.31 bits per heavy atom. The Hall–Kier alpha value is -1.52. The molecule has 0 saturated heterocycles. The highest BCUT2D eigenvalue weighted by molar-refractivity contribution is 5.59. The first-order valence-electron chi connectivity index (χ1n) is 4.03. The minimum absolute atomic E-state index is 0.180. The number of nitrogens with zero attached hydrogens (tertiary/aromatic N) is 2. The van der Waals surface area contributed by atoms with Gasteiger partial charge in [0.25, 0.3) is 0 Å². The average Bonchev–Trinajstić information content (AvgIpc) is 2.49. The van der Waals surface area contributed by atoms with Gasteiger partial charge in [0.15, 0.2) is 0 Å². The molecule has 0 spiro atoms. The highest BCUT2D eigenvalue weighted by Gasteiger charge is 2.05. The van der Waals surface area contributed by atoms with Crippen LogP contribution in [-0.4, -0.2) is 17.3 Å². The summed E-state index contributed by atoms with van der Waals surface area (Å²) in [6.07, 6.45) is 4.83. The van der Waals surface area contributed by atoms with Gasteiger partial charge >= 0.3 is 6.16 Å². The number of hydrogen-bond donors (Lipinski definition) is 0. The summed E-state index contributed by atoms with van der Waals surface area (Å²) >= 11 is 0. The molecule has 5 nitrogen and oxygen atoms in total. The van der Waals surface area contributed by atoms with Crippen molar-refractivity contribution in [2.24, 2.45) is 7.05 Å². The molecule has 0 aromatic carbocycles. The molecule has 1 aromatic heterocycles. The van der Waals surface area contributed by atoms with Crippen molar-refractivity contribution in [1.29, 1.82) is 0 Å². The molecule has 0 N–H and O–H groups in total. The number of rotatable bonds is 3. The van der Waals surface area contributed by atoms with Crippen LogP contribution >= 0.6 is 0 Å². The zero-order valence-electron chi connectivity index (χ0n) is 7.77. The number of imidazole rings is 1. The summed E-state index contributed by atoms with van der Waals surface area (Å²) in [5, 5.41) is 0. The molecule has 0 aliphatic carbocycles. The zero-order valence-corrected chi connectivity index (χ0v) is 7.77. The Bertz CT molecular complexity index is 283.